The minimum absolute atomic E-state index is 0.112. The fourth-order valence-electron chi connectivity index (χ4n) is 3.16. The first-order valence-electron chi connectivity index (χ1n) is 7.02. The first kappa shape index (κ1) is 13.3. The van der Waals surface area contributed by atoms with E-state index in [9.17, 15) is 9.18 Å². The van der Waals surface area contributed by atoms with E-state index >= 15 is 0 Å². The van der Waals surface area contributed by atoms with Crippen molar-refractivity contribution in [3.05, 3.63) is 24.3 Å². The molecule has 0 aromatic carbocycles. The van der Waals surface area contributed by atoms with Crippen molar-refractivity contribution in [2.45, 2.75) is 37.8 Å². The number of anilines is 1. The van der Waals surface area contributed by atoms with Gasteiger partial charge in [0.1, 0.15) is 0 Å². The van der Waals surface area contributed by atoms with Crippen LogP contribution in [0.3, 0.4) is 0 Å². The summed E-state index contributed by atoms with van der Waals surface area (Å²) < 4.78 is 19.1. The molecule has 2 amide bonds. The highest BCUT2D eigenvalue weighted by Crippen LogP contribution is 2.34. The first-order chi connectivity index (χ1) is 9.74. The van der Waals surface area contributed by atoms with Gasteiger partial charge in [0.2, 0.25) is 0 Å². The molecule has 0 unspecified atom stereocenters. The molecule has 2 fully saturated rings. The van der Waals surface area contributed by atoms with Gasteiger partial charge in [-0.05, 0) is 31.7 Å². The smallest absolute Gasteiger partial charge is 0.319 e. The van der Waals surface area contributed by atoms with Crippen LogP contribution in [0.1, 0.15) is 25.7 Å². The molecule has 1 saturated carbocycles. The fourth-order valence-corrected chi connectivity index (χ4v) is 3.16. The summed E-state index contributed by atoms with van der Waals surface area (Å²) in [5.41, 5.74) is 0.146. The first-order valence-corrected chi connectivity index (χ1v) is 7.02. The number of fused-ring (bicyclic) bond motifs is 1. The molecule has 2 aliphatic rings. The maximum Gasteiger partial charge on any atom is 0.319 e. The van der Waals surface area contributed by atoms with E-state index in [1.807, 2.05) is 0 Å². The summed E-state index contributed by atoms with van der Waals surface area (Å²) >= 11 is 0. The quantitative estimate of drug-likeness (QED) is 0.873. The summed E-state index contributed by atoms with van der Waals surface area (Å²) in [6.07, 6.45) is 6.86. The number of hydrogen-bond acceptors (Lipinski definition) is 3. The van der Waals surface area contributed by atoms with E-state index in [2.05, 4.69) is 15.6 Å². The second kappa shape index (κ2) is 5.75. The number of carbonyl (C=O) groups is 1. The van der Waals surface area contributed by atoms with E-state index in [0.29, 0.717) is 5.92 Å². The number of ether oxygens (including phenoxy) is 1. The lowest BCUT2D eigenvalue weighted by Crippen LogP contribution is -2.47. The number of nitrogens with one attached hydrogen (secondary N) is 2. The Bertz CT molecular complexity index is 497. The Morgan fingerprint density at radius 1 is 1.40 bits per heavy atom. The minimum Gasteiger partial charge on any atom is -0.378 e. The Morgan fingerprint density at radius 2 is 2.30 bits per heavy atom. The molecule has 2 N–H and O–H groups in total. The van der Waals surface area contributed by atoms with Crippen LogP contribution >= 0.6 is 0 Å². The summed E-state index contributed by atoms with van der Waals surface area (Å²) in [4.78, 5) is 15.6. The molecular formula is C14H18FN3O2. The Balaban J connectivity index is 1.60. The molecule has 3 rings (SSSR count). The number of urea groups is 1. The number of rotatable bonds is 2. The second-order valence-electron chi connectivity index (χ2n) is 5.35. The van der Waals surface area contributed by atoms with Gasteiger partial charge in [0, 0.05) is 24.8 Å². The van der Waals surface area contributed by atoms with Crippen LogP contribution in [-0.2, 0) is 4.74 Å². The van der Waals surface area contributed by atoms with Gasteiger partial charge in [0.25, 0.3) is 0 Å². The van der Waals surface area contributed by atoms with Gasteiger partial charge < -0.3 is 15.4 Å². The number of halogens is 1. The van der Waals surface area contributed by atoms with Crippen molar-refractivity contribution >= 4 is 11.7 Å². The van der Waals surface area contributed by atoms with E-state index in [-0.39, 0.29) is 23.9 Å². The highest BCUT2D eigenvalue weighted by Gasteiger charge is 2.38. The van der Waals surface area contributed by atoms with E-state index in [0.717, 1.165) is 38.5 Å². The van der Waals surface area contributed by atoms with E-state index in [1.54, 1.807) is 0 Å². The van der Waals surface area contributed by atoms with Gasteiger partial charge in [-0.25, -0.2) is 9.18 Å². The van der Waals surface area contributed by atoms with Gasteiger partial charge in [-0.1, -0.05) is 0 Å². The van der Waals surface area contributed by atoms with Crippen LogP contribution in [0.25, 0.3) is 0 Å². The summed E-state index contributed by atoms with van der Waals surface area (Å²) in [6.45, 7) is 0.772. The van der Waals surface area contributed by atoms with Gasteiger partial charge >= 0.3 is 6.03 Å². The number of hydrogen-bond donors (Lipinski definition) is 2. The molecule has 0 bridgehead atoms. The van der Waals surface area contributed by atoms with Crippen molar-refractivity contribution in [3.63, 3.8) is 0 Å². The normalized spacial score (nSPS) is 28.8. The number of aromatic nitrogens is 1. The van der Waals surface area contributed by atoms with Crippen molar-refractivity contribution in [1.29, 1.82) is 0 Å². The third kappa shape index (κ3) is 2.75. The Morgan fingerprint density at radius 3 is 3.15 bits per heavy atom. The lowest BCUT2D eigenvalue weighted by molar-refractivity contribution is 0.0553. The molecule has 5 nitrogen and oxygen atoms in total. The van der Waals surface area contributed by atoms with Crippen LogP contribution in [0.2, 0.25) is 0 Å². The second-order valence-corrected chi connectivity index (χ2v) is 5.35. The van der Waals surface area contributed by atoms with Crippen LogP contribution in [-0.4, -0.2) is 29.8 Å². The largest absolute Gasteiger partial charge is 0.378 e. The van der Waals surface area contributed by atoms with E-state index in [1.165, 1.54) is 12.3 Å². The average Bonchev–Trinajstić information content (AvgIpc) is 2.91. The third-order valence-electron chi connectivity index (χ3n) is 4.12. The van der Waals surface area contributed by atoms with Crippen LogP contribution in [0.4, 0.5) is 14.9 Å². The van der Waals surface area contributed by atoms with E-state index < -0.39 is 5.82 Å². The fraction of sp³-hybridized carbons (Fsp3) is 0.571. The summed E-state index contributed by atoms with van der Waals surface area (Å²) in [7, 11) is 0. The maximum absolute atomic E-state index is 13.4. The number of carbonyl (C=O) groups excluding carboxylic acids is 1. The highest BCUT2D eigenvalue weighted by molar-refractivity contribution is 5.89. The van der Waals surface area contributed by atoms with Gasteiger partial charge in [-0.3, -0.25) is 4.98 Å². The molecule has 6 heteroatoms. The van der Waals surface area contributed by atoms with Crippen molar-refractivity contribution < 1.29 is 13.9 Å². The van der Waals surface area contributed by atoms with Gasteiger partial charge in [-0.2, -0.15) is 0 Å². The molecule has 3 atom stereocenters. The molecule has 2 heterocycles. The molecule has 1 saturated heterocycles. The van der Waals surface area contributed by atoms with Gasteiger partial charge in [0.15, 0.2) is 5.82 Å². The predicted molar refractivity (Wildman–Crippen MR) is 71.8 cm³/mol. The number of pyridine rings is 1. The number of nitrogens with zero attached hydrogens (tertiary/aromatic N) is 1. The monoisotopic (exact) mass is 279 g/mol. The van der Waals surface area contributed by atoms with Crippen LogP contribution < -0.4 is 10.6 Å². The van der Waals surface area contributed by atoms with Gasteiger partial charge in [-0.15, -0.1) is 0 Å². The average molecular weight is 279 g/mol. The predicted octanol–water partition coefficient (Wildman–Crippen LogP) is 2.30. The maximum atomic E-state index is 13.4. The molecule has 1 aliphatic heterocycles. The van der Waals surface area contributed by atoms with Crippen LogP contribution in [0.15, 0.2) is 18.5 Å². The molecule has 1 aromatic heterocycles. The summed E-state index contributed by atoms with van der Waals surface area (Å²) in [5.74, 6) is -0.148. The minimum atomic E-state index is -0.534. The molecule has 108 valence electrons. The van der Waals surface area contributed by atoms with Crippen molar-refractivity contribution in [2.75, 3.05) is 11.9 Å². The third-order valence-corrected chi connectivity index (χ3v) is 4.12. The topological polar surface area (TPSA) is 63.2 Å². The van der Waals surface area contributed by atoms with Crippen LogP contribution in [0, 0.1) is 11.7 Å². The highest BCUT2D eigenvalue weighted by atomic mass is 19.1. The zero-order chi connectivity index (χ0) is 13.9. The van der Waals surface area contributed by atoms with Crippen molar-refractivity contribution in [3.8, 4) is 0 Å². The zero-order valence-electron chi connectivity index (χ0n) is 11.1. The lowest BCUT2D eigenvalue weighted by Gasteiger charge is -2.33. The molecule has 1 aliphatic carbocycles. The summed E-state index contributed by atoms with van der Waals surface area (Å²) in [5, 5.41) is 5.48. The Kier molecular flexibility index (Phi) is 3.82. The molecule has 1 aromatic rings. The van der Waals surface area contributed by atoms with Crippen molar-refractivity contribution in [2.24, 2.45) is 5.92 Å². The van der Waals surface area contributed by atoms with Gasteiger partial charge in [0.05, 0.1) is 18.0 Å². The Hall–Kier alpha value is -1.69. The summed E-state index contributed by atoms with van der Waals surface area (Å²) in [6, 6.07) is 1.19. The van der Waals surface area contributed by atoms with Crippen molar-refractivity contribution in [1.82, 2.24) is 10.3 Å². The Labute approximate surface area is 116 Å². The standard InChI is InChI=1S/C14H18FN3O2/c15-10-8-16-6-4-12(10)18-14(19)17-11-2-1-3-13-9(11)5-7-20-13/h4,6,8-9,11,13H,1-3,5,7H2,(H2,16,17,18,19)/t9-,11-,13-/m1/s1. The lowest BCUT2D eigenvalue weighted by atomic mass is 9.82. The molecule has 0 radical (unpaired) electrons. The zero-order valence-corrected chi connectivity index (χ0v) is 11.1. The van der Waals surface area contributed by atoms with E-state index in [4.69, 9.17) is 4.74 Å². The SMILES string of the molecule is O=C(Nc1ccncc1F)N[C@@H]1CCC[C@H]2OCC[C@H]12. The molecule has 0 spiro atoms. The molecular weight excluding hydrogens is 261 g/mol. The molecule has 20 heavy (non-hydrogen) atoms. The number of amides is 2. The van der Waals surface area contributed by atoms with Crippen LogP contribution in [0.5, 0.6) is 0 Å².